The third kappa shape index (κ3) is 4.25. The van der Waals surface area contributed by atoms with Gasteiger partial charge in [0.15, 0.2) is 5.82 Å². The van der Waals surface area contributed by atoms with Crippen LogP contribution in [0, 0.1) is 5.92 Å². The van der Waals surface area contributed by atoms with E-state index in [1.54, 1.807) is 0 Å². The number of aromatic nitrogens is 3. The average Bonchev–Trinajstić information content (AvgIpc) is 2.52. The van der Waals surface area contributed by atoms with Gasteiger partial charge in [-0.05, 0) is 0 Å². The molecule has 1 amide bonds. The first-order chi connectivity index (χ1) is 10.1. The molecule has 0 radical (unpaired) electrons. The molecule has 0 unspecified atom stereocenters. The van der Waals surface area contributed by atoms with Gasteiger partial charge in [-0.25, -0.2) is 0 Å². The monoisotopic (exact) mass is 295 g/mol. The molecule has 116 valence electrons. The van der Waals surface area contributed by atoms with Gasteiger partial charge in [0.2, 0.25) is 11.9 Å². The average molecular weight is 295 g/mol. The van der Waals surface area contributed by atoms with E-state index in [1.807, 2.05) is 18.7 Å². The Bertz CT molecular complexity index is 489. The molecule has 0 spiro atoms. The standard InChI is InChI=1S/C13H21N5O3/c1-9(2)11(19)14-8-10-15-12(17-13(16-10)20-3)18-4-6-21-7-5-18/h9H,4-8H2,1-3H3,(H,14,19). The zero-order valence-corrected chi connectivity index (χ0v) is 12.6. The van der Waals surface area contributed by atoms with Crippen LogP contribution in [0.15, 0.2) is 0 Å². The van der Waals surface area contributed by atoms with Crippen molar-refractivity contribution in [2.45, 2.75) is 20.4 Å². The van der Waals surface area contributed by atoms with Crippen molar-refractivity contribution in [1.82, 2.24) is 20.3 Å². The number of carbonyl (C=O) groups excluding carboxylic acids is 1. The van der Waals surface area contributed by atoms with Crippen molar-refractivity contribution in [3.05, 3.63) is 5.82 Å². The topological polar surface area (TPSA) is 89.5 Å². The summed E-state index contributed by atoms with van der Waals surface area (Å²) in [5.74, 6) is 0.922. The van der Waals surface area contributed by atoms with Gasteiger partial charge in [-0.2, -0.15) is 15.0 Å². The molecular weight excluding hydrogens is 274 g/mol. The molecule has 1 aromatic heterocycles. The second-order valence-electron chi connectivity index (χ2n) is 5.01. The summed E-state index contributed by atoms with van der Waals surface area (Å²) in [5.41, 5.74) is 0. The number of nitrogens with zero attached hydrogens (tertiary/aromatic N) is 4. The van der Waals surface area contributed by atoms with Gasteiger partial charge in [0, 0.05) is 19.0 Å². The highest BCUT2D eigenvalue weighted by Gasteiger charge is 2.17. The summed E-state index contributed by atoms with van der Waals surface area (Å²) in [6.45, 7) is 6.68. The summed E-state index contributed by atoms with van der Waals surface area (Å²) < 4.78 is 10.4. The second-order valence-corrected chi connectivity index (χ2v) is 5.01. The molecule has 1 aliphatic rings. The number of hydrogen-bond donors (Lipinski definition) is 1. The van der Waals surface area contributed by atoms with Crippen molar-refractivity contribution >= 4 is 11.9 Å². The molecule has 0 aromatic carbocycles. The quantitative estimate of drug-likeness (QED) is 0.817. The van der Waals surface area contributed by atoms with Crippen molar-refractivity contribution in [2.75, 3.05) is 38.3 Å². The number of methoxy groups -OCH3 is 1. The fourth-order valence-corrected chi connectivity index (χ4v) is 1.83. The molecule has 1 N–H and O–H groups in total. The number of morpholine rings is 1. The van der Waals surface area contributed by atoms with Crippen LogP contribution in [0.1, 0.15) is 19.7 Å². The highest BCUT2D eigenvalue weighted by molar-refractivity contribution is 5.77. The van der Waals surface area contributed by atoms with Crippen molar-refractivity contribution in [2.24, 2.45) is 5.92 Å². The maximum absolute atomic E-state index is 11.6. The molecule has 21 heavy (non-hydrogen) atoms. The number of amides is 1. The van der Waals surface area contributed by atoms with Crippen LogP contribution < -0.4 is 15.0 Å². The van der Waals surface area contributed by atoms with Crippen LogP contribution >= 0.6 is 0 Å². The lowest BCUT2D eigenvalue weighted by atomic mass is 10.2. The molecule has 1 saturated heterocycles. The van der Waals surface area contributed by atoms with Gasteiger partial charge >= 0.3 is 6.01 Å². The van der Waals surface area contributed by atoms with E-state index >= 15 is 0 Å². The highest BCUT2D eigenvalue weighted by Crippen LogP contribution is 2.13. The summed E-state index contributed by atoms with van der Waals surface area (Å²) in [7, 11) is 1.51. The minimum Gasteiger partial charge on any atom is -0.467 e. The molecule has 1 fully saturated rings. The zero-order valence-electron chi connectivity index (χ0n) is 12.6. The van der Waals surface area contributed by atoms with Crippen LogP contribution in [0.2, 0.25) is 0 Å². The molecule has 0 atom stereocenters. The Balaban J connectivity index is 2.11. The maximum Gasteiger partial charge on any atom is 0.321 e. The van der Waals surface area contributed by atoms with Crippen LogP contribution in [0.3, 0.4) is 0 Å². The lowest BCUT2D eigenvalue weighted by Crippen LogP contribution is -2.38. The fourth-order valence-electron chi connectivity index (χ4n) is 1.83. The van der Waals surface area contributed by atoms with E-state index in [0.717, 1.165) is 13.1 Å². The number of ether oxygens (including phenoxy) is 2. The van der Waals surface area contributed by atoms with E-state index < -0.39 is 0 Å². The summed E-state index contributed by atoms with van der Waals surface area (Å²) >= 11 is 0. The molecule has 0 aliphatic carbocycles. The van der Waals surface area contributed by atoms with Crippen LogP contribution in [0.5, 0.6) is 6.01 Å². The van der Waals surface area contributed by atoms with E-state index in [4.69, 9.17) is 9.47 Å². The van der Waals surface area contributed by atoms with Gasteiger partial charge in [0.25, 0.3) is 0 Å². The van der Waals surface area contributed by atoms with Gasteiger partial charge in [0.1, 0.15) is 0 Å². The van der Waals surface area contributed by atoms with Gasteiger partial charge in [-0.3, -0.25) is 4.79 Å². The number of nitrogens with one attached hydrogen (secondary N) is 1. The van der Waals surface area contributed by atoms with E-state index in [1.165, 1.54) is 7.11 Å². The number of anilines is 1. The smallest absolute Gasteiger partial charge is 0.321 e. The van der Waals surface area contributed by atoms with E-state index in [2.05, 4.69) is 20.3 Å². The van der Waals surface area contributed by atoms with Crippen molar-refractivity contribution < 1.29 is 14.3 Å². The molecule has 1 aromatic rings. The third-order valence-corrected chi connectivity index (χ3v) is 3.07. The highest BCUT2D eigenvalue weighted by atomic mass is 16.5. The van der Waals surface area contributed by atoms with Crippen LogP contribution in [0.4, 0.5) is 5.95 Å². The molecule has 2 rings (SSSR count). The second kappa shape index (κ2) is 7.16. The zero-order chi connectivity index (χ0) is 15.2. The first-order valence-electron chi connectivity index (χ1n) is 6.99. The largest absolute Gasteiger partial charge is 0.467 e. The normalized spacial score (nSPS) is 15.1. The Hall–Kier alpha value is -1.96. The fraction of sp³-hybridized carbons (Fsp3) is 0.692. The SMILES string of the molecule is COc1nc(CNC(=O)C(C)C)nc(N2CCOCC2)n1. The van der Waals surface area contributed by atoms with Crippen LogP contribution in [-0.4, -0.2) is 54.3 Å². The lowest BCUT2D eigenvalue weighted by molar-refractivity contribution is -0.124. The number of hydrogen-bond acceptors (Lipinski definition) is 7. The minimum absolute atomic E-state index is 0.0395. The number of carbonyl (C=O) groups is 1. The molecule has 8 nitrogen and oxygen atoms in total. The summed E-state index contributed by atoms with van der Waals surface area (Å²) in [6, 6.07) is 0.250. The van der Waals surface area contributed by atoms with Gasteiger partial charge < -0.3 is 19.7 Å². The Labute approximate surface area is 123 Å². The molecule has 0 bridgehead atoms. The molecule has 1 aliphatic heterocycles. The lowest BCUT2D eigenvalue weighted by Gasteiger charge is -2.26. The van der Waals surface area contributed by atoms with Gasteiger partial charge in [0.05, 0.1) is 26.9 Å². The third-order valence-electron chi connectivity index (χ3n) is 3.07. The Morgan fingerprint density at radius 2 is 2.05 bits per heavy atom. The maximum atomic E-state index is 11.6. The van der Waals surface area contributed by atoms with Crippen molar-refractivity contribution in [3.8, 4) is 6.01 Å². The molecule has 0 saturated carbocycles. The van der Waals surface area contributed by atoms with Crippen LogP contribution in [0.25, 0.3) is 0 Å². The van der Waals surface area contributed by atoms with E-state index in [-0.39, 0.29) is 24.4 Å². The predicted molar refractivity (Wildman–Crippen MR) is 76.1 cm³/mol. The first-order valence-corrected chi connectivity index (χ1v) is 6.99. The van der Waals surface area contributed by atoms with E-state index in [0.29, 0.717) is 25.0 Å². The van der Waals surface area contributed by atoms with Gasteiger partial charge in [-0.15, -0.1) is 0 Å². The predicted octanol–water partition coefficient (Wildman–Crippen LogP) is -0.0110. The Kier molecular flexibility index (Phi) is 5.26. The Morgan fingerprint density at radius 3 is 2.67 bits per heavy atom. The van der Waals surface area contributed by atoms with E-state index in [9.17, 15) is 4.79 Å². The first kappa shape index (κ1) is 15.4. The molecular formula is C13H21N5O3. The summed E-state index contributed by atoms with van der Waals surface area (Å²) in [6.07, 6.45) is 0. The Morgan fingerprint density at radius 1 is 1.33 bits per heavy atom. The summed E-state index contributed by atoms with van der Waals surface area (Å²) in [4.78, 5) is 26.4. The van der Waals surface area contributed by atoms with Crippen molar-refractivity contribution in [1.29, 1.82) is 0 Å². The van der Waals surface area contributed by atoms with Gasteiger partial charge in [-0.1, -0.05) is 13.8 Å². The molecule has 8 heteroatoms. The minimum atomic E-state index is -0.0764. The number of rotatable bonds is 5. The molecule has 2 heterocycles. The summed E-state index contributed by atoms with van der Waals surface area (Å²) in [5, 5.41) is 2.79. The van der Waals surface area contributed by atoms with Crippen molar-refractivity contribution in [3.63, 3.8) is 0 Å². The van der Waals surface area contributed by atoms with Crippen LogP contribution in [-0.2, 0) is 16.1 Å².